The van der Waals surface area contributed by atoms with Gasteiger partial charge in [-0.1, -0.05) is 18.2 Å². The van der Waals surface area contributed by atoms with Crippen LogP contribution in [0.2, 0.25) is 0 Å². The normalized spacial score (nSPS) is 11.2. The van der Waals surface area contributed by atoms with E-state index in [-0.39, 0.29) is 0 Å². The maximum Gasteiger partial charge on any atom is 0.229 e. The number of nitrogens with zero attached hydrogens (tertiary/aromatic N) is 6. The molecule has 0 spiro atoms. The van der Waals surface area contributed by atoms with E-state index in [2.05, 4.69) is 60.3 Å². The van der Waals surface area contributed by atoms with Crippen LogP contribution in [0.25, 0.3) is 27.8 Å². The quantitative estimate of drug-likeness (QED) is 0.324. The molecule has 0 aliphatic rings. The fourth-order valence-corrected chi connectivity index (χ4v) is 4.33. The molecular weight excluding hydrogens is 452 g/mol. The Morgan fingerprint density at radius 2 is 1.83 bits per heavy atom. The van der Waals surface area contributed by atoms with E-state index < -0.39 is 0 Å². The van der Waals surface area contributed by atoms with Gasteiger partial charge in [0.2, 0.25) is 5.95 Å². The van der Waals surface area contributed by atoms with Crippen molar-refractivity contribution < 1.29 is 4.74 Å². The molecule has 0 radical (unpaired) electrons. The second-order valence-electron chi connectivity index (χ2n) is 8.47. The van der Waals surface area contributed by atoms with Crippen molar-refractivity contribution in [1.82, 2.24) is 29.1 Å². The van der Waals surface area contributed by atoms with Gasteiger partial charge in [-0.2, -0.15) is 4.98 Å². The van der Waals surface area contributed by atoms with Crippen LogP contribution in [-0.2, 0) is 7.05 Å². The standard InChI is InChI=1S/C27H24N8O/c1-17-12-18-8-9-19(32-27-29-11-10-25(28-2)33-27)13-23(18)35(17)22-6-4-5-7-24(22)36-20-14-21-26(30-15-20)34(3)16-31-21/h4-16H,1-3H3,(H2,28,29,32,33). The van der Waals surface area contributed by atoms with Gasteiger partial charge >= 0.3 is 0 Å². The van der Waals surface area contributed by atoms with E-state index in [1.165, 1.54) is 0 Å². The largest absolute Gasteiger partial charge is 0.453 e. The average Bonchev–Trinajstić information content (AvgIpc) is 3.42. The molecule has 6 rings (SSSR count). The Balaban J connectivity index is 1.39. The molecule has 36 heavy (non-hydrogen) atoms. The Morgan fingerprint density at radius 1 is 0.944 bits per heavy atom. The molecule has 0 saturated heterocycles. The highest BCUT2D eigenvalue weighted by atomic mass is 16.5. The van der Waals surface area contributed by atoms with E-state index in [1.807, 2.05) is 61.1 Å². The smallest absolute Gasteiger partial charge is 0.229 e. The number of fused-ring (bicyclic) bond motifs is 2. The van der Waals surface area contributed by atoms with Crippen molar-refractivity contribution in [1.29, 1.82) is 0 Å². The van der Waals surface area contributed by atoms with Crippen molar-refractivity contribution in [2.24, 2.45) is 7.05 Å². The minimum atomic E-state index is 0.525. The zero-order valence-electron chi connectivity index (χ0n) is 20.1. The minimum Gasteiger partial charge on any atom is -0.453 e. The number of imidazole rings is 1. The van der Waals surface area contributed by atoms with E-state index in [1.54, 1.807) is 18.7 Å². The molecule has 4 aromatic heterocycles. The summed E-state index contributed by atoms with van der Waals surface area (Å²) in [5.74, 6) is 2.62. The zero-order valence-corrected chi connectivity index (χ0v) is 20.1. The van der Waals surface area contributed by atoms with Crippen molar-refractivity contribution in [3.63, 3.8) is 0 Å². The number of ether oxygens (including phenoxy) is 1. The van der Waals surface area contributed by atoms with Gasteiger partial charge < -0.3 is 24.5 Å². The molecular formula is C27H24N8O. The molecule has 0 atom stereocenters. The van der Waals surface area contributed by atoms with Gasteiger partial charge in [-0.25, -0.2) is 15.0 Å². The molecule has 0 aliphatic carbocycles. The fourth-order valence-electron chi connectivity index (χ4n) is 4.33. The monoisotopic (exact) mass is 476 g/mol. The van der Waals surface area contributed by atoms with Crippen LogP contribution in [0.3, 0.4) is 0 Å². The van der Waals surface area contributed by atoms with Crippen LogP contribution in [0.4, 0.5) is 17.5 Å². The molecule has 0 aliphatic heterocycles. The first-order chi connectivity index (χ1) is 17.6. The Bertz CT molecular complexity index is 1720. The number of rotatable bonds is 6. The second kappa shape index (κ2) is 8.70. The Morgan fingerprint density at radius 3 is 2.72 bits per heavy atom. The van der Waals surface area contributed by atoms with Crippen molar-refractivity contribution in [3.8, 4) is 17.2 Å². The van der Waals surface area contributed by atoms with Crippen molar-refractivity contribution in [3.05, 3.63) is 85.1 Å². The maximum atomic E-state index is 6.33. The number of nitrogens with one attached hydrogen (secondary N) is 2. The maximum absolute atomic E-state index is 6.33. The Hall–Kier alpha value is -4.92. The van der Waals surface area contributed by atoms with Gasteiger partial charge in [0.05, 0.1) is 23.7 Å². The predicted octanol–water partition coefficient (Wildman–Crippen LogP) is 5.59. The number of pyridine rings is 1. The van der Waals surface area contributed by atoms with Crippen LogP contribution in [0, 0.1) is 6.92 Å². The summed E-state index contributed by atoms with van der Waals surface area (Å²) < 4.78 is 10.4. The molecule has 0 bridgehead atoms. The molecule has 0 amide bonds. The Kier molecular flexibility index (Phi) is 5.22. The molecule has 0 saturated carbocycles. The molecule has 178 valence electrons. The van der Waals surface area contributed by atoms with E-state index in [0.717, 1.165) is 50.7 Å². The third-order valence-electron chi connectivity index (χ3n) is 6.02. The van der Waals surface area contributed by atoms with Crippen LogP contribution in [0.1, 0.15) is 5.69 Å². The minimum absolute atomic E-state index is 0.525. The van der Waals surface area contributed by atoms with Gasteiger partial charge in [-0.3, -0.25) is 0 Å². The van der Waals surface area contributed by atoms with Crippen LogP contribution < -0.4 is 15.4 Å². The van der Waals surface area contributed by atoms with Crippen molar-refractivity contribution in [2.75, 3.05) is 17.7 Å². The summed E-state index contributed by atoms with van der Waals surface area (Å²) in [5.41, 5.74) is 5.54. The van der Waals surface area contributed by atoms with Gasteiger partial charge in [0.1, 0.15) is 17.1 Å². The SMILES string of the molecule is CNc1ccnc(Nc2ccc3cc(C)n(-c4ccccc4Oc4cnc5c(c4)ncn5C)c3c2)n1. The summed E-state index contributed by atoms with van der Waals surface area (Å²) in [7, 11) is 3.75. The summed E-state index contributed by atoms with van der Waals surface area (Å²) in [4.78, 5) is 17.7. The predicted molar refractivity (Wildman–Crippen MR) is 141 cm³/mol. The van der Waals surface area contributed by atoms with E-state index in [9.17, 15) is 0 Å². The van der Waals surface area contributed by atoms with Gasteiger partial charge in [-0.15, -0.1) is 0 Å². The molecule has 9 heteroatoms. The lowest BCUT2D eigenvalue weighted by Gasteiger charge is -2.15. The molecule has 0 fully saturated rings. The highest BCUT2D eigenvalue weighted by Gasteiger charge is 2.14. The number of hydrogen-bond donors (Lipinski definition) is 2. The lowest BCUT2D eigenvalue weighted by Crippen LogP contribution is -2.01. The number of anilines is 3. The summed E-state index contributed by atoms with van der Waals surface area (Å²) in [6.45, 7) is 2.09. The number of para-hydroxylation sites is 2. The van der Waals surface area contributed by atoms with Crippen LogP contribution in [0.5, 0.6) is 11.5 Å². The summed E-state index contributed by atoms with van der Waals surface area (Å²) in [6, 6.07) is 20.1. The molecule has 9 nitrogen and oxygen atoms in total. The summed E-state index contributed by atoms with van der Waals surface area (Å²) in [6.07, 6.45) is 5.19. The first-order valence-corrected chi connectivity index (χ1v) is 11.5. The highest BCUT2D eigenvalue weighted by molar-refractivity contribution is 5.87. The lowest BCUT2D eigenvalue weighted by molar-refractivity contribution is 0.478. The van der Waals surface area contributed by atoms with Crippen molar-refractivity contribution >= 4 is 39.5 Å². The first kappa shape index (κ1) is 21.6. The number of aryl methyl sites for hydroxylation is 2. The third kappa shape index (κ3) is 3.86. The lowest BCUT2D eigenvalue weighted by atomic mass is 10.2. The first-order valence-electron chi connectivity index (χ1n) is 11.5. The van der Waals surface area contributed by atoms with Gasteiger partial charge in [-0.05, 0) is 43.3 Å². The molecule has 2 N–H and O–H groups in total. The van der Waals surface area contributed by atoms with E-state index in [0.29, 0.717) is 11.7 Å². The zero-order chi connectivity index (χ0) is 24.6. The molecule has 0 unspecified atom stereocenters. The Labute approximate surface area is 207 Å². The van der Waals surface area contributed by atoms with Crippen LogP contribution in [0.15, 0.2) is 79.4 Å². The molecule has 2 aromatic carbocycles. The average molecular weight is 477 g/mol. The molecule has 6 aromatic rings. The topological polar surface area (TPSA) is 94.7 Å². The second-order valence-corrected chi connectivity index (χ2v) is 8.47. The highest BCUT2D eigenvalue weighted by Crippen LogP contribution is 2.34. The molecule has 4 heterocycles. The van der Waals surface area contributed by atoms with Gasteiger partial charge in [0.25, 0.3) is 0 Å². The van der Waals surface area contributed by atoms with Crippen LogP contribution in [-0.4, -0.2) is 36.1 Å². The fraction of sp³-hybridized carbons (Fsp3) is 0.111. The number of benzene rings is 2. The van der Waals surface area contributed by atoms with Gasteiger partial charge in [0, 0.05) is 43.1 Å². The van der Waals surface area contributed by atoms with Crippen molar-refractivity contribution in [2.45, 2.75) is 6.92 Å². The number of aromatic nitrogens is 6. The van der Waals surface area contributed by atoms with E-state index in [4.69, 9.17) is 4.74 Å². The van der Waals surface area contributed by atoms with Crippen LogP contribution >= 0.6 is 0 Å². The summed E-state index contributed by atoms with van der Waals surface area (Å²) >= 11 is 0. The van der Waals surface area contributed by atoms with Gasteiger partial charge in [0.15, 0.2) is 11.4 Å². The number of hydrogen-bond acceptors (Lipinski definition) is 7. The van der Waals surface area contributed by atoms with E-state index >= 15 is 0 Å². The summed E-state index contributed by atoms with van der Waals surface area (Å²) in [5, 5.41) is 7.46. The third-order valence-corrected chi connectivity index (χ3v) is 6.02.